The molecule has 0 aliphatic carbocycles. The van der Waals surface area contributed by atoms with Gasteiger partial charge in [-0.2, -0.15) is 4.98 Å². The number of benzene rings is 1. The normalized spacial score (nSPS) is 10.9. The van der Waals surface area contributed by atoms with Crippen molar-refractivity contribution >= 4 is 45.0 Å². The molecule has 0 atom stereocenters. The highest BCUT2D eigenvalue weighted by atomic mass is 32.2. The maximum absolute atomic E-state index is 11.8. The Morgan fingerprint density at radius 3 is 3.14 bits per heavy atom. The molecule has 108 valence electrons. The van der Waals surface area contributed by atoms with E-state index in [-0.39, 0.29) is 17.6 Å². The van der Waals surface area contributed by atoms with Crippen LogP contribution in [-0.4, -0.2) is 26.8 Å². The third kappa shape index (κ3) is 3.53. The van der Waals surface area contributed by atoms with Crippen molar-refractivity contribution < 1.29 is 4.79 Å². The second kappa shape index (κ2) is 6.15. The number of thioether (sulfide) groups is 1. The fourth-order valence-corrected chi connectivity index (χ4v) is 3.24. The number of aromatic nitrogens is 3. The number of thiophene rings is 1. The molecule has 1 amide bonds. The van der Waals surface area contributed by atoms with E-state index >= 15 is 0 Å². The minimum atomic E-state index is -0.0613. The highest BCUT2D eigenvalue weighted by Gasteiger charge is 2.06. The number of hydrogen-bond donors (Lipinski definition) is 3. The minimum Gasteiger partial charge on any atom is -0.368 e. The van der Waals surface area contributed by atoms with Crippen LogP contribution in [0.4, 0.5) is 5.95 Å². The Labute approximate surface area is 129 Å². The Hall–Kier alpha value is -2.06. The van der Waals surface area contributed by atoms with Crippen molar-refractivity contribution in [3.63, 3.8) is 0 Å². The van der Waals surface area contributed by atoms with Gasteiger partial charge in [0.1, 0.15) is 0 Å². The van der Waals surface area contributed by atoms with Crippen LogP contribution in [-0.2, 0) is 11.3 Å². The zero-order valence-electron chi connectivity index (χ0n) is 11.0. The van der Waals surface area contributed by atoms with Crippen molar-refractivity contribution in [3.8, 4) is 0 Å². The highest BCUT2D eigenvalue weighted by molar-refractivity contribution is 7.99. The lowest BCUT2D eigenvalue weighted by molar-refractivity contribution is -0.118. The molecule has 0 unspecified atom stereocenters. The largest absolute Gasteiger partial charge is 0.368 e. The number of nitrogens with one attached hydrogen (secondary N) is 2. The van der Waals surface area contributed by atoms with Crippen molar-refractivity contribution in [2.45, 2.75) is 11.7 Å². The third-order valence-corrected chi connectivity index (χ3v) is 4.57. The number of nitrogens with zero attached hydrogens (tertiary/aromatic N) is 2. The van der Waals surface area contributed by atoms with Gasteiger partial charge < -0.3 is 11.1 Å². The molecule has 0 aliphatic rings. The van der Waals surface area contributed by atoms with Crippen LogP contribution in [0.3, 0.4) is 0 Å². The van der Waals surface area contributed by atoms with Gasteiger partial charge in [0.25, 0.3) is 0 Å². The number of fused-ring (bicyclic) bond motifs is 1. The maximum Gasteiger partial charge on any atom is 0.230 e. The Morgan fingerprint density at radius 1 is 1.43 bits per heavy atom. The average Bonchev–Trinajstić information content (AvgIpc) is 3.10. The van der Waals surface area contributed by atoms with Gasteiger partial charge in [-0.15, -0.1) is 16.4 Å². The number of hydrogen-bond acceptors (Lipinski definition) is 6. The molecule has 0 spiro atoms. The van der Waals surface area contributed by atoms with E-state index in [1.54, 1.807) is 11.3 Å². The molecule has 0 saturated carbocycles. The SMILES string of the molecule is Nc1nc(SCC(=O)NCc2ccc3sccc3c2)n[nH]1. The molecule has 0 aliphatic heterocycles. The van der Waals surface area contributed by atoms with Crippen LogP contribution in [0.2, 0.25) is 0 Å². The molecule has 3 aromatic rings. The number of nitrogens with two attached hydrogens (primary N) is 1. The van der Waals surface area contributed by atoms with Gasteiger partial charge in [-0.05, 0) is 34.5 Å². The first-order chi connectivity index (χ1) is 10.2. The fraction of sp³-hybridized carbons (Fsp3) is 0.154. The summed E-state index contributed by atoms with van der Waals surface area (Å²) in [5.74, 6) is 0.452. The lowest BCUT2D eigenvalue weighted by Gasteiger charge is -2.04. The molecule has 0 bridgehead atoms. The van der Waals surface area contributed by atoms with E-state index < -0.39 is 0 Å². The van der Waals surface area contributed by atoms with Gasteiger partial charge in [-0.25, -0.2) is 5.10 Å². The number of aromatic amines is 1. The van der Waals surface area contributed by atoms with E-state index in [4.69, 9.17) is 5.73 Å². The number of carbonyl (C=O) groups is 1. The standard InChI is InChI=1S/C13H13N5OS2/c14-12-16-13(18-17-12)21-7-11(19)15-6-8-1-2-10-9(5-8)3-4-20-10/h1-5H,6-7H2,(H,15,19)(H3,14,16,17,18). The van der Waals surface area contributed by atoms with Crippen LogP contribution in [0.1, 0.15) is 5.56 Å². The topological polar surface area (TPSA) is 96.7 Å². The summed E-state index contributed by atoms with van der Waals surface area (Å²) in [5, 5.41) is 13.0. The fourth-order valence-electron chi connectivity index (χ4n) is 1.83. The predicted molar refractivity (Wildman–Crippen MR) is 85.2 cm³/mol. The first-order valence-corrected chi connectivity index (χ1v) is 8.11. The maximum atomic E-state index is 11.8. The summed E-state index contributed by atoms with van der Waals surface area (Å²) >= 11 is 2.95. The van der Waals surface area contributed by atoms with Crippen molar-refractivity contribution in [2.75, 3.05) is 11.5 Å². The van der Waals surface area contributed by atoms with Crippen molar-refractivity contribution in [3.05, 3.63) is 35.2 Å². The van der Waals surface area contributed by atoms with E-state index in [1.807, 2.05) is 6.07 Å². The highest BCUT2D eigenvalue weighted by Crippen LogP contribution is 2.21. The van der Waals surface area contributed by atoms with Gasteiger partial charge in [0, 0.05) is 11.2 Å². The second-order valence-electron chi connectivity index (χ2n) is 4.36. The van der Waals surface area contributed by atoms with Crippen LogP contribution in [0, 0.1) is 0 Å². The molecule has 2 aromatic heterocycles. The molecule has 6 nitrogen and oxygen atoms in total. The van der Waals surface area contributed by atoms with Crippen LogP contribution in [0.25, 0.3) is 10.1 Å². The summed E-state index contributed by atoms with van der Waals surface area (Å²) in [6, 6.07) is 8.28. The Bertz CT molecular complexity index is 767. The zero-order valence-corrected chi connectivity index (χ0v) is 12.6. The summed E-state index contributed by atoms with van der Waals surface area (Å²) in [5.41, 5.74) is 6.50. The summed E-state index contributed by atoms with van der Waals surface area (Å²) < 4.78 is 1.25. The minimum absolute atomic E-state index is 0.0613. The number of rotatable bonds is 5. The van der Waals surface area contributed by atoms with Crippen LogP contribution < -0.4 is 11.1 Å². The molecule has 0 saturated heterocycles. The first-order valence-electron chi connectivity index (χ1n) is 6.24. The molecule has 2 heterocycles. The molecule has 1 aromatic carbocycles. The number of carbonyl (C=O) groups excluding carboxylic acids is 1. The molecule has 8 heteroatoms. The van der Waals surface area contributed by atoms with Gasteiger partial charge in [-0.1, -0.05) is 17.8 Å². The molecule has 0 fully saturated rings. The first kappa shape index (κ1) is 13.9. The van der Waals surface area contributed by atoms with Gasteiger partial charge in [0.15, 0.2) is 0 Å². The lowest BCUT2D eigenvalue weighted by atomic mass is 10.2. The smallest absolute Gasteiger partial charge is 0.230 e. The molecular formula is C13H13N5OS2. The summed E-state index contributed by atoms with van der Waals surface area (Å²) in [4.78, 5) is 15.7. The van der Waals surface area contributed by atoms with Crippen LogP contribution >= 0.6 is 23.1 Å². The van der Waals surface area contributed by atoms with Gasteiger partial charge in [0.05, 0.1) is 5.75 Å². The van der Waals surface area contributed by atoms with Crippen molar-refractivity contribution in [1.29, 1.82) is 0 Å². The van der Waals surface area contributed by atoms with Crippen LogP contribution in [0.5, 0.6) is 0 Å². The lowest BCUT2D eigenvalue weighted by Crippen LogP contribution is -2.24. The van der Waals surface area contributed by atoms with E-state index in [0.717, 1.165) is 5.56 Å². The second-order valence-corrected chi connectivity index (χ2v) is 6.25. The number of anilines is 1. The molecule has 0 radical (unpaired) electrons. The quantitative estimate of drug-likeness (QED) is 0.625. The molecule has 4 N–H and O–H groups in total. The van der Waals surface area contributed by atoms with Crippen LogP contribution in [0.15, 0.2) is 34.8 Å². The predicted octanol–water partition coefficient (Wildman–Crippen LogP) is 2.01. The zero-order chi connectivity index (χ0) is 14.7. The molecule has 3 rings (SSSR count). The summed E-state index contributed by atoms with van der Waals surface area (Å²) in [6.45, 7) is 0.515. The van der Waals surface area contributed by atoms with E-state index in [2.05, 4.69) is 44.1 Å². The van der Waals surface area contributed by atoms with Gasteiger partial charge in [-0.3, -0.25) is 4.79 Å². The van der Waals surface area contributed by atoms with E-state index in [9.17, 15) is 4.79 Å². The number of H-pyrrole nitrogens is 1. The molecule has 21 heavy (non-hydrogen) atoms. The Morgan fingerprint density at radius 2 is 2.33 bits per heavy atom. The van der Waals surface area contributed by atoms with E-state index in [0.29, 0.717) is 11.7 Å². The monoisotopic (exact) mass is 319 g/mol. The Kier molecular flexibility index (Phi) is 4.07. The number of nitrogen functional groups attached to an aromatic ring is 1. The van der Waals surface area contributed by atoms with Crippen molar-refractivity contribution in [1.82, 2.24) is 20.5 Å². The van der Waals surface area contributed by atoms with Gasteiger partial charge in [0.2, 0.25) is 17.0 Å². The summed E-state index contributed by atoms with van der Waals surface area (Å²) in [6.07, 6.45) is 0. The summed E-state index contributed by atoms with van der Waals surface area (Å²) in [7, 11) is 0. The molecular weight excluding hydrogens is 306 g/mol. The average molecular weight is 319 g/mol. The van der Waals surface area contributed by atoms with Gasteiger partial charge >= 0.3 is 0 Å². The Balaban J connectivity index is 1.50. The number of amides is 1. The van der Waals surface area contributed by atoms with E-state index in [1.165, 1.54) is 21.8 Å². The van der Waals surface area contributed by atoms with Crippen molar-refractivity contribution in [2.24, 2.45) is 0 Å². The third-order valence-electron chi connectivity index (χ3n) is 2.82.